The summed E-state index contributed by atoms with van der Waals surface area (Å²) in [6.45, 7) is 5.77. The van der Waals surface area contributed by atoms with Gasteiger partial charge in [-0.2, -0.15) is 0 Å². The van der Waals surface area contributed by atoms with Crippen molar-refractivity contribution >= 4 is 29.0 Å². The Morgan fingerprint density at radius 1 is 0.809 bits per heavy atom. The number of methoxy groups -OCH3 is 1. The van der Waals surface area contributed by atoms with Gasteiger partial charge in [0.25, 0.3) is 0 Å². The Bertz CT molecular complexity index is 1730. The molecule has 5 rings (SSSR count). The molecule has 0 bridgehead atoms. The van der Waals surface area contributed by atoms with E-state index in [9.17, 15) is 19.5 Å². The maximum atomic E-state index is 14.3. The summed E-state index contributed by atoms with van der Waals surface area (Å²) >= 11 is 0. The van der Waals surface area contributed by atoms with Gasteiger partial charge in [0.1, 0.15) is 18.3 Å². The van der Waals surface area contributed by atoms with Crippen LogP contribution < -0.4 is 20.1 Å². The lowest BCUT2D eigenvalue weighted by atomic mass is 9.61. The van der Waals surface area contributed by atoms with Crippen molar-refractivity contribution < 1.29 is 29.0 Å². The molecule has 0 saturated heterocycles. The first-order chi connectivity index (χ1) is 22.7. The third-order valence-electron chi connectivity index (χ3n) is 8.95. The molecule has 3 N–H and O–H groups in total. The minimum absolute atomic E-state index is 0.302. The Hall–Kier alpha value is -4.95. The van der Waals surface area contributed by atoms with E-state index in [4.69, 9.17) is 9.47 Å². The molecule has 4 unspecified atom stereocenters. The number of ketones is 1. The van der Waals surface area contributed by atoms with Crippen LogP contribution in [0.5, 0.6) is 11.5 Å². The first kappa shape index (κ1) is 33.4. The Labute approximate surface area is 276 Å². The van der Waals surface area contributed by atoms with E-state index >= 15 is 0 Å². The number of para-hydroxylation sites is 2. The molecular formula is C39H42N2O6. The number of benzene rings is 4. The number of rotatable bonds is 11. The van der Waals surface area contributed by atoms with E-state index < -0.39 is 41.0 Å². The van der Waals surface area contributed by atoms with E-state index in [1.807, 2.05) is 86.6 Å². The molecular weight excluding hydrogens is 592 g/mol. The summed E-state index contributed by atoms with van der Waals surface area (Å²) in [6.07, 6.45) is 1.000. The van der Waals surface area contributed by atoms with Crippen molar-refractivity contribution in [1.82, 2.24) is 0 Å². The number of nitrogens with one attached hydrogen (secondary N) is 2. The van der Waals surface area contributed by atoms with Crippen molar-refractivity contribution in [1.29, 1.82) is 0 Å². The number of ether oxygens (including phenoxy) is 2. The zero-order chi connectivity index (χ0) is 33.6. The summed E-state index contributed by atoms with van der Waals surface area (Å²) in [6, 6.07) is 29.7. The van der Waals surface area contributed by atoms with Crippen molar-refractivity contribution in [2.45, 2.75) is 58.2 Å². The third-order valence-corrected chi connectivity index (χ3v) is 8.95. The number of carbonyl (C=O) groups excluding carboxylic acids is 3. The maximum Gasteiger partial charge on any atom is 0.235 e. The second kappa shape index (κ2) is 14.6. The third kappa shape index (κ3) is 7.39. The summed E-state index contributed by atoms with van der Waals surface area (Å²) in [5.74, 6) is -4.08. The highest BCUT2D eigenvalue weighted by Crippen LogP contribution is 2.48. The van der Waals surface area contributed by atoms with Gasteiger partial charge in [-0.05, 0) is 66.3 Å². The largest absolute Gasteiger partial charge is 0.493 e. The molecule has 4 aromatic rings. The topological polar surface area (TPSA) is 114 Å². The van der Waals surface area contributed by atoms with Crippen molar-refractivity contribution in [2.24, 2.45) is 11.8 Å². The first-order valence-electron chi connectivity index (χ1n) is 16.0. The smallest absolute Gasteiger partial charge is 0.235 e. The monoisotopic (exact) mass is 634 g/mol. The van der Waals surface area contributed by atoms with Crippen LogP contribution in [0.3, 0.4) is 0 Å². The van der Waals surface area contributed by atoms with Gasteiger partial charge in [0.05, 0.1) is 18.6 Å². The molecule has 0 spiro atoms. The second-order valence-corrected chi connectivity index (χ2v) is 12.2. The Morgan fingerprint density at radius 2 is 1.38 bits per heavy atom. The molecule has 1 aliphatic rings. The quantitative estimate of drug-likeness (QED) is 0.158. The number of anilines is 2. The van der Waals surface area contributed by atoms with Gasteiger partial charge in [-0.3, -0.25) is 14.4 Å². The summed E-state index contributed by atoms with van der Waals surface area (Å²) in [5.41, 5.74) is 2.78. The molecule has 8 heteroatoms. The van der Waals surface area contributed by atoms with Gasteiger partial charge in [0.2, 0.25) is 11.8 Å². The molecule has 244 valence electrons. The number of hydrogen-bond donors (Lipinski definition) is 3. The van der Waals surface area contributed by atoms with Crippen LogP contribution in [-0.4, -0.2) is 35.4 Å². The highest BCUT2D eigenvalue weighted by Gasteiger charge is 2.56. The molecule has 0 radical (unpaired) electrons. The van der Waals surface area contributed by atoms with Crippen molar-refractivity contribution in [2.75, 3.05) is 17.7 Å². The maximum absolute atomic E-state index is 14.3. The normalized spacial score (nSPS) is 20.7. The SMILES string of the molecule is CCc1ccccc1NC(=O)C1C(=O)CC(C)(O)C(C(=O)Nc2ccccc2CC)C1c1ccc(OCc2ccccc2)c(OC)c1. The van der Waals surface area contributed by atoms with E-state index in [-0.39, 0.29) is 6.42 Å². The molecule has 8 nitrogen and oxygen atoms in total. The Balaban J connectivity index is 1.57. The summed E-state index contributed by atoms with van der Waals surface area (Å²) in [5, 5.41) is 17.8. The Kier molecular flexibility index (Phi) is 10.4. The van der Waals surface area contributed by atoms with E-state index in [2.05, 4.69) is 10.6 Å². The van der Waals surface area contributed by atoms with Gasteiger partial charge in [-0.15, -0.1) is 0 Å². The molecule has 1 aliphatic carbocycles. The van der Waals surface area contributed by atoms with Crippen LogP contribution in [0.15, 0.2) is 97.1 Å². The molecule has 1 saturated carbocycles. The fraction of sp³-hybridized carbons (Fsp3) is 0.308. The number of aliphatic hydroxyl groups is 1. The van der Waals surface area contributed by atoms with E-state index in [0.717, 1.165) is 16.7 Å². The van der Waals surface area contributed by atoms with Crippen LogP contribution in [0, 0.1) is 11.8 Å². The van der Waals surface area contributed by atoms with Crippen molar-refractivity contribution in [3.63, 3.8) is 0 Å². The first-order valence-corrected chi connectivity index (χ1v) is 16.0. The average molecular weight is 635 g/mol. The van der Waals surface area contributed by atoms with E-state index in [1.54, 1.807) is 24.3 Å². The highest BCUT2D eigenvalue weighted by molar-refractivity contribution is 6.10. The van der Waals surface area contributed by atoms with Crippen LogP contribution >= 0.6 is 0 Å². The Morgan fingerprint density at radius 3 is 1.98 bits per heavy atom. The fourth-order valence-corrected chi connectivity index (χ4v) is 6.56. The van der Waals surface area contributed by atoms with E-state index in [1.165, 1.54) is 14.0 Å². The molecule has 4 aromatic carbocycles. The van der Waals surface area contributed by atoms with Gasteiger partial charge in [-0.1, -0.05) is 86.6 Å². The van der Waals surface area contributed by atoms with Crippen LogP contribution in [0.1, 0.15) is 55.4 Å². The molecule has 0 aliphatic heterocycles. The minimum atomic E-state index is -1.75. The highest BCUT2D eigenvalue weighted by atomic mass is 16.5. The lowest BCUT2D eigenvalue weighted by Crippen LogP contribution is -2.56. The summed E-state index contributed by atoms with van der Waals surface area (Å²) in [7, 11) is 1.51. The number of carbonyl (C=O) groups is 3. The molecule has 4 atom stereocenters. The zero-order valence-corrected chi connectivity index (χ0v) is 27.3. The van der Waals surface area contributed by atoms with Crippen molar-refractivity contribution in [3.8, 4) is 11.5 Å². The lowest BCUT2D eigenvalue weighted by molar-refractivity contribution is -0.150. The average Bonchev–Trinajstić information content (AvgIpc) is 3.07. The van der Waals surface area contributed by atoms with Crippen molar-refractivity contribution in [3.05, 3.63) is 119 Å². The summed E-state index contributed by atoms with van der Waals surface area (Å²) in [4.78, 5) is 42.3. The van der Waals surface area contributed by atoms with Crippen LogP contribution in [0.25, 0.3) is 0 Å². The lowest BCUT2D eigenvalue weighted by Gasteiger charge is -2.44. The number of aryl methyl sites for hydroxylation is 2. The van der Waals surface area contributed by atoms with Crippen LogP contribution in [-0.2, 0) is 33.8 Å². The van der Waals surface area contributed by atoms with Gasteiger partial charge < -0.3 is 25.2 Å². The molecule has 47 heavy (non-hydrogen) atoms. The predicted octanol–water partition coefficient (Wildman–Crippen LogP) is 6.72. The minimum Gasteiger partial charge on any atom is -0.493 e. The molecule has 0 aromatic heterocycles. The second-order valence-electron chi connectivity index (χ2n) is 12.2. The van der Waals surface area contributed by atoms with Crippen LogP contribution in [0.2, 0.25) is 0 Å². The predicted molar refractivity (Wildman–Crippen MR) is 183 cm³/mol. The van der Waals surface area contributed by atoms with Gasteiger partial charge in [0, 0.05) is 23.7 Å². The molecule has 1 fully saturated rings. The number of amides is 2. The summed E-state index contributed by atoms with van der Waals surface area (Å²) < 4.78 is 11.8. The van der Waals surface area contributed by atoms with Gasteiger partial charge in [0.15, 0.2) is 11.5 Å². The van der Waals surface area contributed by atoms with E-state index in [0.29, 0.717) is 47.9 Å². The molecule has 0 heterocycles. The van der Waals surface area contributed by atoms with Crippen LogP contribution in [0.4, 0.5) is 11.4 Å². The zero-order valence-electron chi connectivity index (χ0n) is 27.3. The van der Waals surface area contributed by atoms with Gasteiger partial charge in [-0.25, -0.2) is 0 Å². The molecule has 2 amide bonds. The number of Topliss-reactive ketones (excluding diaryl/α,β-unsaturated/α-hetero) is 1. The number of hydrogen-bond acceptors (Lipinski definition) is 6. The standard InChI is InChI=1S/C39H42N2O6/c1-5-26-16-10-12-18-29(26)40-37(43)35-31(42)23-39(3,45)36(38(44)41-30-19-13-11-17-27(30)6-2)34(35)28-20-21-32(33(22-28)46-4)47-24-25-14-8-7-9-15-25/h7-22,34-36,45H,5-6,23-24H2,1-4H3,(H,40,43)(H,41,44). The van der Waals surface area contributed by atoms with Gasteiger partial charge >= 0.3 is 0 Å². The fourth-order valence-electron chi connectivity index (χ4n) is 6.56.